The van der Waals surface area contributed by atoms with Crippen molar-refractivity contribution in [2.75, 3.05) is 0 Å². The van der Waals surface area contributed by atoms with E-state index in [4.69, 9.17) is 14.0 Å². The van der Waals surface area contributed by atoms with Crippen LogP contribution >= 0.6 is 0 Å². The number of benzene rings is 1. The van der Waals surface area contributed by atoms with Gasteiger partial charge < -0.3 is 24.7 Å². The van der Waals surface area contributed by atoms with Gasteiger partial charge in [0.05, 0.1) is 17.6 Å². The molecular formula is C30H47BN2O5. The molecule has 0 unspecified atom stereocenters. The molecule has 1 aromatic rings. The Morgan fingerprint density at radius 3 is 2.45 bits per heavy atom. The van der Waals surface area contributed by atoms with Crippen LogP contribution in [0.15, 0.2) is 30.3 Å². The summed E-state index contributed by atoms with van der Waals surface area (Å²) in [6.45, 7) is 14.3. The van der Waals surface area contributed by atoms with E-state index in [9.17, 15) is 9.59 Å². The number of ether oxygens (including phenoxy) is 1. The summed E-state index contributed by atoms with van der Waals surface area (Å²) in [5.74, 6) is 0.574. The zero-order valence-corrected chi connectivity index (χ0v) is 24.3. The van der Waals surface area contributed by atoms with Crippen LogP contribution in [0.4, 0.5) is 4.79 Å². The van der Waals surface area contributed by atoms with Crippen LogP contribution in [0.1, 0.15) is 92.6 Å². The molecule has 0 aromatic heterocycles. The molecule has 2 amide bonds. The molecule has 0 radical (unpaired) electrons. The SMILES string of the molecule is CCC[C@@H](NC(=O)OC(C)(C)C)C(=O)N[C@@H](CCCc1ccccc1)B1O[C@@H]2C[C@@H]3C[C@@H](C3(C)C)[C@]2(C)O1. The summed E-state index contributed by atoms with van der Waals surface area (Å²) in [6, 6.07) is 9.70. The normalized spacial score (nSPS) is 29.0. The summed E-state index contributed by atoms with van der Waals surface area (Å²) in [4.78, 5) is 26.0. The Balaban J connectivity index is 1.46. The molecular weight excluding hydrogens is 479 g/mol. The van der Waals surface area contributed by atoms with Gasteiger partial charge in [-0.3, -0.25) is 4.79 Å². The minimum atomic E-state index is -0.683. The summed E-state index contributed by atoms with van der Waals surface area (Å²) in [5, 5.41) is 5.99. The van der Waals surface area contributed by atoms with Crippen molar-refractivity contribution in [3.8, 4) is 0 Å². The quantitative estimate of drug-likeness (QED) is 0.396. The molecule has 3 aliphatic carbocycles. The highest BCUT2D eigenvalue weighted by Crippen LogP contribution is 2.65. The molecule has 2 N–H and O–H groups in total. The summed E-state index contributed by atoms with van der Waals surface area (Å²) in [5.41, 5.74) is 0.537. The molecule has 210 valence electrons. The van der Waals surface area contributed by atoms with Gasteiger partial charge in [-0.25, -0.2) is 4.79 Å². The van der Waals surface area contributed by atoms with Gasteiger partial charge in [0.1, 0.15) is 11.6 Å². The van der Waals surface area contributed by atoms with E-state index < -0.39 is 24.9 Å². The zero-order chi connectivity index (χ0) is 27.7. The molecule has 1 aromatic carbocycles. The lowest BCUT2D eigenvalue weighted by atomic mass is 9.43. The molecule has 4 aliphatic rings. The number of alkyl carbamates (subject to hydrolysis) is 1. The molecule has 1 saturated heterocycles. The number of rotatable bonds is 10. The molecule has 2 bridgehead atoms. The van der Waals surface area contributed by atoms with Crippen molar-refractivity contribution in [1.82, 2.24) is 10.6 Å². The Morgan fingerprint density at radius 1 is 1.11 bits per heavy atom. The first-order valence-electron chi connectivity index (χ1n) is 14.5. The highest BCUT2D eigenvalue weighted by molar-refractivity contribution is 6.47. The second kappa shape index (κ2) is 11.2. The lowest BCUT2D eigenvalue weighted by molar-refractivity contribution is -0.199. The molecule has 1 heterocycles. The molecule has 7 nitrogen and oxygen atoms in total. The van der Waals surface area contributed by atoms with Crippen LogP contribution < -0.4 is 10.6 Å². The van der Waals surface area contributed by atoms with Gasteiger partial charge in [-0.15, -0.1) is 0 Å². The van der Waals surface area contributed by atoms with E-state index in [0.29, 0.717) is 18.3 Å². The number of aryl methyl sites for hydroxylation is 1. The molecule has 6 atom stereocenters. The minimum absolute atomic E-state index is 0.0455. The molecule has 4 fully saturated rings. The number of hydrogen-bond donors (Lipinski definition) is 2. The van der Waals surface area contributed by atoms with Crippen molar-refractivity contribution in [3.63, 3.8) is 0 Å². The molecule has 0 spiro atoms. The van der Waals surface area contributed by atoms with Crippen LogP contribution in [0.2, 0.25) is 0 Å². The van der Waals surface area contributed by atoms with Crippen LogP contribution in [0.5, 0.6) is 0 Å². The lowest BCUT2D eigenvalue weighted by Crippen LogP contribution is -2.65. The average Bonchev–Trinajstić information content (AvgIpc) is 3.19. The third kappa shape index (κ3) is 6.22. The fourth-order valence-corrected chi connectivity index (χ4v) is 6.81. The third-order valence-corrected chi connectivity index (χ3v) is 9.03. The summed E-state index contributed by atoms with van der Waals surface area (Å²) in [6.07, 6.45) is 5.43. The maximum atomic E-state index is 13.5. The van der Waals surface area contributed by atoms with E-state index in [1.165, 1.54) is 12.0 Å². The predicted octanol–water partition coefficient (Wildman–Crippen LogP) is 5.46. The van der Waals surface area contributed by atoms with Crippen molar-refractivity contribution >= 4 is 19.1 Å². The topological polar surface area (TPSA) is 85.9 Å². The molecule has 1 aliphatic heterocycles. The van der Waals surface area contributed by atoms with Crippen LogP contribution in [-0.2, 0) is 25.3 Å². The Labute approximate surface area is 229 Å². The van der Waals surface area contributed by atoms with Crippen molar-refractivity contribution in [3.05, 3.63) is 35.9 Å². The lowest BCUT2D eigenvalue weighted by Gasteiger charge is -2.64. The van der Waals surface area contributed by atoms with Crippen LogP contribution in [0, 0.1) is 17.3 Å². The predicted molar refractivity (Wildman–Crippen MR) is 149 cm³/mol. The molecule has 38 heavy (non-hydrogen) atoms. The van der Waals surface area contributed by atoms with Crippen molar-refractivity contribution in [1.29, 1.82) is 0 Å². The van der Waals surface area contributed by atoms with Gasteiger partial charge >= 0.3 is 13.2 Å². The first kappa shape index (κ1) is 28.9. The maximum Gasteiger partial charge on any atom is 0.481 e. The average molecular weight is 527 g/mol. The Hall–Kier alpha value is -2.06. The van der Waals surface area contributed by atoms with Gasteiger partial charge in [0.25, 0.3) is 0 Å². The summed E-state index contributed by atoms with van der Waals surface area (Å²) in [7, 11) is -0.510. The van der Waals surface area contributed by atoms with E-state index in [0.717, 1.165) is 32.1 Å². The van der Waals surface area contributed by atoms with Crippen molar-refractivity contribution in [2.45, 2.75) is 123 Å². The van der Waals surface area contributed by atoms with Crippen molar-refractivity contribution < 1.29 is 23.6 Å². The van der Waals surface area contributed by atoms with Gasteiger partial charge in [-0.1, -0.05) is 57.5 Å². The van der Waals surface area contributed by atoms with Crippen LogP contribution in [0.25, 0.3) is 0 Å². The van der Waals surface area contributed by atoms with E-state index in [1.807, 2.05) is 33.8 Å². The highest BCUT2D eigenvalue weighted by Gasteiger charge is 2.68. The number of amides is 2. The fourth-order valence-electron chi connectivity index (χ4n) is 6.81. The number of nitrogens with one attached hydrogen (secondary N) is 2. The first-order chi connectivity index (χ1) is 17.8. The van der Waals surface area contributed by atoms with E-state index in [1.54, 1.807) is 0 Å². The highest BCUT2D eigenvalue weighted by atomic mass is 16.7. The summed E-state index contributed by atoms with van der Waals surface area (Å²) < 4.78 is 18.7. The van der Waals surface area contributed by atoms with Gasteiger partial charge in [0, 0.05) is 0 Å². The van der Waals surface area contributed by atoms with Gasteiger partial charge in [-0.2, -0.15) is 0 Å². The first-order valence-corrected chi connectivity index (χ1v) is 14.5. The summed E-state index contributed by atoms with van der Waals surface area (Å²) >= 11 is 0. The Kier molecular flexibility index (Phi) is 8.53. The largest absolute Gasteiger partial charge is 0.481 e. The van der Waals surface area contributed by atoms with Gasteiger partial charge in [-0.05, 0) is 89.0 Å². The number of hydrogen-bond acceptors (Lipinski definition) is 5. The molecule has 5 rings (SSSR count). The monoisotopic (exact) mass is 526 g/mol. The van der Waals surface area contributed by atoms with Gasteiger partial charge in [0.2, 0.25) is 5.91 Å². The Bertz CT molecular complexity index is 981. The number of carbonyl (C=O) groups excluding carboxylic acids is 2. The van der Waals surface area contributed by atoms with Crippen LogP contribution in [-0.4, -0.2) is 48.4 Å². The molecule has 8 heteroatoms. The maximum absolute atomic E-state index is 13.5. The molecule has 3 saturated carbocycles. The second-order valence-electron chi connectivity index (χ2n) is 13.3. The smallest absolute Gasteiger partial charge is 0.444 e. The standard InChI is InChI=1S/C30H47BN2O5/c1-8-13-22(32-27(35)36-28(2,3)4)26(34)33-25(17-12-16-20-14-10-9-11-15-20)31-37-24-19-21-18-23(29(21,5)6)30(24,7)38-31/h9-11,14-15,21-25H,8,12-13,16-19H2,1-7H3,(H,32,35)(H,33,34)/t21-,22+,23-,24+,25-,30-/m0/s1. The second-order valence-corrected chi connectivity index (χ2v) is 13.3. The van der Waals surface area contributed by atoms with E-state index in [-0.39, 0.29) is 29.0 Å². The zero-order valence-electron chi connectivity index (χ0n) is 24.3. The van der Waals surface area contributed by atoms with Crippen LogP contribution in [0.3, 0.4) is 0 Å². The van der Waals surface area contributed by atoms with E-state index in [2.05, 4.69) is 55.7 Å². The Morgan fingerprint density at radius 2 is 1.82 bits per heavy atom. The van der Waals surface area contributed by atoms with Crippen molar-refractivity contribution in [2.24, 2.45) is 17.3 Å². The van der Waals surface area contributed by atoms with Gasteiger partial charge in [0.15, 0.2) is 0 Å². The number of carbonyl (C=O) groups is 2. The minimum Gasteiger partial charge on any atom is -0.444 e. The fraction of sp³-hybridized carbons (Fsp3) is 0.733. The van der Waals surface area contributed by atoms with E-state index >= 15 is 0 Å². The third-order valence-electron chi connectivity index (χ3n) is 9.03.